The van der Waals surface area contributed by atoms with Gasteiger partial charge in [-0.1, -0.05) is 0 Å². The van der Waals surface area contributed by atoms with Gasteiger partial charge in [0.25, 0.3) is 0 Å². The van der Waals surface area contributed by atoms with Crippen LogP contribution in [0.3, 0.4) is 0 Å². The Kier molecular flexibility index (Phi) is 3.63. The van der Waals surface area contributed by atoms with Crippen LogP contribution in [0.15, 0.2) is 0 Å². The lowest BCUT2D eigenvalue weighted by molar-refractivity contribution is 0.106. The summed E-state index contributed by atoms with van der Waals surface area (Å²) in [6, 6.07) is 0.200. The molecule has 3 aliphatic rings. The molecule has 0 aromatic carbocycles. The Labute approximate surface area is 147 Å². The fourth-order valence-electron chi connectivity index (χ4n) is 3.84. The van der Waals surface area contributed by atoms with Crippen LogP contribution in [0.5, 0.6) is 0 Å². The van der Waals surface area contributed by atoms with Crippen molar-refractivity contribution in [1.29, 1.82) is 0 Å². The monoisotopic (exact) mass is 343 g/mol. The Morgan fingerprint density at radius 3 is 2.68 bits per heavy atom. The van der Waals surface area contributed by atoms with Crippen LogP contribution >= 0.6 is 0 Å². The third-order valence-electron chi connectivity index (χ3n) is 5.76. The van der Waals surface area contributed by atoms with E-state index < -0.39 is 0 Å². The molecule has 2 aliphatic carbocycles. The molecule has 2 aromatic heterocycles. The second-order valence-corrected chi connectivity index (χ2v) is 7.70. The predicted molar refractivity (Wildman–Crippen MR) is 89.9 cm³/mol. The molecule has 2 saturated carbocycles. The summed E-state index contributed by atoms with van der Waals surface area (Å²) in [6.45, 7) is 1.65. The first kappa shape index (κ1) is 15.5. The van der Waals surface area contributed by atoms with Crippen molar-refractivity contribution in [3.8, 4) is 0 Å². The Balaban J connectivity index is 1.37. The van der Waals surface area contributed by atoms with Gasteiger partial charge in [0.15, 0.2) is 5.82 Å². The van der Waals surface area contributed by atoms with Gasteiger partial charge in [-0.25, -0.2) is 4.98 Å². The lowest BCUT2D eigenvalue weighted by Crippen LogP contribution is -2.27. The van der Waals surface area contributed by atoms with E-state index in [4.69, 9.17) is 9.72 Å². The van der Waals surface area contributed by atoms with Crippen LogP contribution in [0.4, 0.5) is 0 Å². The van der Waals surface area contributed by atoms with Crippen molar-refractivity contribution in [2.75, 3.05) is 13.7 Å². The molecular formula is C17H25N7O. The van der Waals surface area contributed by atoms with Crippen LogP contribution in [0.25, 0.3) is 0 Å². The van der Waals surface area contributed by atoms with E-state index in [2.05, 4.69) is 36.9 Å². The van der Waals surface area contributed by atoms with Crippen molar-refractivity contribution < 1.29 is 4.74 Å². The second-order valence-electron chi connectivity index (χ2n) is 7.70. The van der Waals surface area contributed by atoms with Gasteiger partial charge in [0, 0.05) is 32.5 Å². The predicted octanol–water partition coefficient (Wildman–Crippen LogP) is 1.65. The molecule has 0 unspecified atom stereocenters. The summed E-state index contributed by atoms with van der Waals surface area (Å²) in [7, 11) is 3.87. The van der Waals surface area contributed by atoms with Gasteiger partial charge in [0.05, 0.1) is 18.7 Å². The molecule has 1 saturated heterocycles. The van der Waals surface area contributed by atoms with Crippen LogP contribution in [-0.4, -0.2) is 54.6 Å². The van der Waals surface area contributed by atoms with Crippen LogP contribution in [0, 0.1) is 0 Å². The highest BCUT2D eigenvalue weighted by Gasteiger charge is 2.38. The van der Waals surface area contributed by atoms with E-state index in [9.17, 15) is 0 Å². The first-order chi connectivity index (χ1) is 12.2. The maximum Gasteiger partial charge on any atom is 0.153 e. The fourth-order valence-corrected chi connectivity index (χ4v) is 3.84. The van der Waals surface area contributed by atoms with Gasteiger partial charge in [0.1, 0.15) is 17.5 Å². The summed E-state index contributed by atoms with van der Waals surface area (Å²) in [6.07, 6.45) is 6.07. The molecule has 0 amide bonds. The van der Waals surface area contributed by atoms with E-state index in [-0.39, 0.29) is 12.1 Å². The lowest BCUT2D eigenvalue weighted by atomic mass is 10.2. The minimum atomic E-state index is 0.200. The third kappa shape index (κ3) is 2.87. The average Bonchev–Trinajstić information content (AvgIpc) is 3.53. The number of rotatable bonds is 6. The summed E-state index contributed by atoms with van der Waals surface area (Å²) >= 11 is 0. The van der Waals surface area contributed by atoms with E-state index in [1.54, 1.807) is 7.11 Å². The van der Waals surface area contributed by atoms with E-state index in [0.717, 1.165) is 42.8 Å². The molecule has 134 valence electrons. The topological polar surface area (TPSA) is 84.8 Å². The highest BCUT2D eigenvalue weighted by molar-refractivity contribution is 5.11. The third-order valence-corrected chi connectivity index (χ3v) is 5.76. The Morgan fingerprint density at radius 2 is 1.96 bits per heavy atom. The number of likely N-dealkylation sites (tertiary alicyclic amines) is 1. The fraction of sp³-hybridized carbons (Fsp3) is 0.765. The molecule has 8 nitrogen and oxygen atoms in total. The van der Waals surface area contributed by atoms with Crippen molar-refractivity contribution in [2.24, 2.45) is 7.05 Å². The minimum absolute atomic E-state index is 0.200. The molecule has 2 aromatic rings. The van der Waals surface area contributed by atoms with Crippen molar-refractivity contribution >= 4 is 0 Å². The lowest BCUT2D eigenvalue weighted by Gasteiger charge is -2.21. The van der Waals surface area contributed by atoms with Crippen LogP contribution < -0.4 is 0 Å². The SMILES string of the molecule is CO[C@@H]1C[C@@H](c2nc(C3CC3)n[nH]2)N(Cc2nnc(C3CC3)n2C)C1. The van der Waals surface area contributed by atoms with E-state index in [1.165, 1.54) is 25.7 Å². The molecule has 8 heteroatoms. The van der Waals surface area contributed by atoms with E-state index in [1.807, 2.05) is 0 Å². The number of hydrogen-bond donors (Lipinski definition) is 1. The number of hydrogen-bond acceptors (Lipinski definition) is 6. The van der Waals surface area contributed by atoms with Gasteiger partial charge < -0.3 is 9.30 Å². The number of nitrogens with one attached hydrogen (secondary N) is 1. The highest BCUT2D eigenvalue weighted by atomic mass is 16.5. The molecule has 0 radical (unpaired) electrons. The summed E-state index contributed by atoms with van der Waals surface area (Å²) in [5.41, 5.74) is 0. The average molecular weight is 343 g/mol. The maximum absolute atomic E-state index is 5.63. The standard InChI is InChI=1S/C17H25N7O/c1-23-14(19-22-17(23)11-5-6-11)9-24-8-12(25-2)7-13(24)16-18-15(20-21-16)10-3-4-10/h10-13H,3-9H2,1-2H3,(H,18,20,21)/t12-,13+/m1/s1. The van der Waals surface area contributed by atoms with E-state index in [0.29, 0.717) is 11.8 Å². The summed E-state index contributed by atoms with van der Waals surface area (Å²) in [4.78, 5) is 7.17. The van der Waals surface area contributed by atoms with Gasteiger partial charge in [-0.2, -0.15) is 5.10 Å². The Hall–Kier alpha value is -1.80. The van der Waals surface area contributed by atoms with Gasteiger partial charge >= 0.3 is 0 Å². The smallest absolute Gasteiger partial charge is 0.153 e. The first-order valence-electron chi connectivity index (χ1n) is 9.30. The Bertz CT molecular complexity index is 761. The zero-order valence-corrected chi connectivity index (χ0v) is 14.9. The minimum Gasteiger partial charge on any atom is -0.380 e. The quantitative estimate of drug-likeness (QED) is 0.858. The number of aromatic nitrogens is 6. The zero-order valence-electron chi connectivity index (χ0n) is 14.9. The largest absolute Gasteiger partial charge is 0.380 e. The van der Waals surface area contributed by atoms with E-state index >= 15 is 0 Å². The van der Waals surface area contributed by atoms with Crippen molar-refractivity contribution in [3.05, 3.63) is 23.3 Å². The molecule has 2 atom stereocenters. The van der Waals surface area contributed by atoms with Crippen molar-refractivity contribution in [3.63, 3.8) is 0 Å². The van der Waals surface area contributed by atoms with Crippen LogP contribution in [-0.2, 0) is 18.3 Å². The summed E-state index contributed by atoms with van der Waals surface area (Å²) in [5, 5.41) is 16.5. The molecule has 0 bridgehead atoms. The van der Waals surface area contributed by atoms with Gasteiger partial charge in [0.2, 0.25) is 0 Å². The molecule has 0 spiro atoms. The number of ether oxygens (including phenoxy) is 1. The molecule has 25 heavy (non-hydrogen) atoms. The Morgan fingerprint density at radius 1 is 1.16 bits per heavy atom. The molecular weight excluding hydrogens is 318 g/mol. The molecule has 3 fully saturated rings. The maximum atomic E-state index is 5.63. The molecule has 5 rings (SSSR count). The molecule has 3 heterocycles. The number of aromatic amines is 1. The van der Waals surface area contributed by atoms with Gasteiger partial charge in [-0.3, -0.25) is 10.00 Å². The van der Waals surface area contributed by atoms with Crippen LogP contribution in [0.2, 0.25) is 0 Å². The molecule has 1 N–H and O–H groups in total. The van der Waals surface area contributed by atoms with Crippen LogP contribution in [0.1, 0.15) is 73.3 Å². The molecule has 1 aliphatic heterocycles. The first-order valence-corrected chi connectivity index (χ1v) is 9.30. The summed E-state index contributed by atoms with van der Waals surface area (Å²) < 4.78 is 7.81. The zero-order chi connectivity index (χ0) is 17.0. The highest BCUT2D eigenvalue weighted by Crippen LogP contribution is 2.40. The van der Waals surface area contributed by atoms with Gasteiger partial charge in [-0.05, 0) is 32.1 Å². The number of nitrogens with zero attached hydrogens (tertiary/aromatic N) is 6. The second kappa shape index (κ2) is 5.88. The van der Waals surface area contributed by atoms with Gasteiger partial charge in [-0.15, -0.1) is 10.2 Å². The van der Waals surface area contributed by atoms with Crippen molar-refractivity contribution in [2.45, 2.75) is 62.6 Å². The van der Waals surface area contributed by atoms with Crippen molar-refractivity contribution in [1.82, 2.24) is 34.8 Å². The number of methoxy groups -OCH3 is 1. The number of H-pyrrole nitrogens is 1. The summed E-state index contributed by atoms with van der Waals surface area (Å²) in [5.74, 6) is 5.27. The normalized spacial score (nSPS) is 27.3.